The van der Waals surface area contributed by atoms with Crippen LogP contribution in [0.1, 0.15) is 33.1 Å². The first kappa shape index (κ1) is 9.97. The van der Waals surface area contributed by atoms with E-state index < -0.39 is 6.17 Å². The third kappa shape index (κ3) is 2.19. The van der Waals surface area contributed by atoms with E-state index in [-0.39, 0.29) is 5.92 Å². The van der Waals surface area contributed by atoms with E-state index in [9.17, 15) is 4.39 Å². The molecular formula is C10H19FO. The van der Waals surface area contributed by atoms with E-state index in [4.69, 9.17) is 4.74 Å². The molecule has 1 saturated carbocycles. The molecule has 0 bridgehead atoms. The Bertz CT molecular complexity index is 136. The van der Waals surface area contributed by atoms with Crippen LogP contribution in [0.5, 0.6) is 0 Å². The molecule has 0 radical (unpaired) electrons. The van der Waals surface area contributed by atoms with E-state index in [1.807, 2.05) is 0 Å². The van der Waals surface area contributed by atoms with Crippen molar-refractivity contribution in [1.29, 1.82) is 0 Å². The lowest BCUT2D eigenvalue weighted by Gasteiger charge is -2.33. The largest absolute Gasteiger partial charge is 0.381 e. The van der Waals surface area contributed by atoms with Gasteiger partial charge in [-0.2, -0.15) is 0 Å². The standard InChI is InChI=1S/C10H19FO/c1-7-6-9(8(2)11)4-5-10(7)12-3/h7-10H,4-6H2,1-3H3/t7?,8?,9-,10?/m0/s1. The molecule has 72 valence electrons. The van der Waals surface area contributed by atoms with Crippen LogP contribution in [-0.2, 0) is 4.74 Å². The fraction of sp³-hybridized carbons (Fsp3) is 1.00. The Morgan fingerprint density at radius 1 is 1.42 bits per heavy atom. The Hall–Kier alpha value is -0.110. The summed E-state index contributed by atoms with van der Waals surface area (Å²) in [4.78, 5) is 0. The molecule has 0 aromatic rings. The van der Waals surface area contributed by atoms with Crippen LogP contribution in [0.15, 0.2) is 0 Å². The maximum atomic E-state index is 13.0. The van der Waals surface area contributed by atoms with Crippen molar-refractivity contribution >= 4 is 0 Å². The molecule has 3 unspecified atom stereocenters. The molecule has 0 N–H and O–H groups in total. The van der Waals surface area contributed by atoms with Crippen molar-refractivity contribution in [2.45, 2.75) is 45.4 Å². The number of alkyl halides is 1. The van der Waals surface area contributed by atoms with Crippen molar-refractivity contribution in [1.82, 2.24) is 0 Å². The molecule has 0 saturated heterocycles. The van der Waals surface area contributed by atoms with Crippen LogP contribution in [0.2, 0.25) is 0 Å². The lowest BCUT2D eigenvalue weighted by Crippen LogP contribution is -2.31. The van der Waals surface area contributed by atoms with Gasteiger partial charge in [0.1, 0.15) is 6.17 Å². The van der Waals surface area contributed by atoms with Crippen LogP contribution >= 0.6 is 0 Å². The molecule has 1 aliphatic carbocycles. The van der Waals surface area contributed by atoms with Gasteiger partial charge in [-0.3, -0.25) is 0 Å². The first-order valence-corrected chi connectivity index (χ1v) is 4.82. The Morgan fingerprint density at radius 3 is 2.50 bits per heavy atom. The van der Waals surface area contributed by atoms with Gasteiger partial charge in [-0.05, 0) is 38.0 Å². The van der Waals surface area contributed by atoms with Gasteiger partial charge in [0.2, 0.25) is 0 Å². The molecule has 0 amide bonds. The van der Waals surface area contributed by atoms with Gasteiger partial charge >= 0.3 is 0 Å². The van der Waals surface area contributed by atoms with Crippen molar-refractivity contribution in [3.8, 4) is 0 Å². The topological polar surface area (TPSA) is 9.23 Å². The third-order valence-corrected chi connectivity index (χ3v) is 3.08. The highest BCUT2D eigenvalue weighted by molar-refractivity contribution is 4.80. The summed E-state index contributed by atoms with van der Waals surface area (Å²) in [5.74, 6) is 0.790. The molecule has 12 heavy (non-hydrogen) atoms. The summed E-state index contributed by atoms with van der Waals surface area (Å²) in [6.07, 6.45) is 2.71. The van der Waals surface area contributed by atoms with E-state index in [1.54, 1.807) is 14.0 Å². The molecule has 0 spiro atoms. The number of hydrogen-bond acceptors (Lipinski definition) is 1. The lowest BCUT2D eigenvalue weighted by atomic mass is 9.78. The summed E-state index contributed by atoms with van der Waals surface area (Å²) in [5.41, 5.74) is 0. The van der Waals surface area contributed by atoms with E-state index in [2.05, 4.69) is 6.92 Å². The molecule has 2 heteroatoms. The van der Waals surface area contributed by atoms with Gasteiger partial charge in [0.25, 0.3) is 0 Å². The predicted octanol–water partition coefficient (Wildman–Crippen LogP) is 2.80. The molecular weight excluding hydrogens is 155 g/mol. The zero-order valence-electron chi connectivity index (χ0n) is 8.22. The highest BCUT2D eigenvalue weighted by atomic mass is 19.1. The normalized spacial score (nSPS) is 39.5. The molecule has 4 atom stereocenters. The Morgan fingerprint density at radius 2 is 2.08 bits per heavy atom. The van der Waals surface area contributed by atoms with Crippen molar-refractivity contribution in [2.24, 2.45) is 11.8 Å². The van der Waals surface area contributed by atoms with E-state index >= 15 is 0 Å². The zero-order valence-corrected chi connectivity index (χ0v) is 8.22. The third-order valence-electron chi connectivity index (χ3n) is 3.08. The van der Waals surface area contributed by atoms with Gasteiger partial charge in [-0.25, -0.2) is 4.39 Å². The van der Waals surface area contributed by atoms with Gasteiger partial charge in [0, 0.05) is 7.11 Å². The molecule has 0 heterocycles. The zero-order chi connectivity index (χ0) is 9.14. The Kier molecular flexibility index (Phi) is 3.51. The number of methoxy groups -OCH3 is 1. The number of halogens is 1. The monoisotopic (exact) mass is 174 g/mol. The van der Waals surface area contributed by atoms with E-state index in [1.165, 1.54) is 0 Å². The Labute approximate surface area is 74.3 Å². The van der Waals surface area contributed by atoms with E-state index in [0.717, 1.165) is 19.3 Å². The minimum Gasteiger partial charge on any atom is -0.381 e. The second-order valence-electron chi connectivity index (χ2n) is 4.00. The highest BCUT2D eigenvalue weighted by Gasteiger charge is 2.30. The van der Waals surface area contributed by atoms with Gasteiger partial charge in [0.15, 0.2) is 0 Å². The molecule has 1 nitrogen and oxygen atoms in total. The van der Waals surface area contributed by atoms with Crippen LogP contribution in [0.4, 0.5) is 4.39 Å². The number of hydrogen-bond donors (Lipinski definition) is 0. The van der Waals surface area contributed by atoms with Crippen LogP contribution in [-0.4, -0.2) is 19.4 Å². The van der Waals surface area contributed by atoms with E-state index in [0.29, 0.717) is 12.0 Å². The Balaban J connectivity index is 2.40. The lowest BCUT2D eigenvalue weighted by molar-refractivity contribution is 0.00294. The second kappa shape index (κ2) is 4.22. The summed E-state index contributed by atoms with van der Waals surface area (Å²) in [6, 6.07) is 0. The fourth-order valence-electron chi connectivity index (χ4n) is 2.18. The van der Waals surface area contributed by atoms with Gasteiger partial charge in [-0.1, -0.05) is 6.92 Å². The first-order valence-electron chi connectivity index (χ1n) is 4.82. The molecule has 0 aliphatic heterocycles. The summed E-state index contributed by atoms with van der Waals surface area (Å²) in [5, 5.41) is 0. The molecule has 1 rings (SSSR count). The predicted molar refractivity (Wildman–Crippen MR) is 47.9 cm³/mol. The average Bonchev–Trinajstić information content (AvgIpc) is 2.04. The molecule has 1 aliphatic rings. The summed E-state index contributed by atoms with van der Waals surface area (Å²) in [6.45, 7) is 3.83. The van der Waals surface area contributed by atoms with Crippen LogP contribution < -0.4 is 0 Å². The average molecular weight is 174 g/mol. The van der Waals surface area contributed by atoms with Crippen molar-refractivity contribution in [3.05, 3.63) is 0 Å². The number of rotatable bonds is 2. The van der Waals surface area contributed by atoms with Gasteiger partial charge in [-0.15, -0.1) is 0 Å². The van der Waals surface area contributed by atoms with Crippen LogP contribution in [0, 0.1) is 11.8 Å². The van der Waals surface area contributed by atoms with Gasteiger partial charge < -0.3 is 4.74 Å². The SMILES string of the molecule is COC1CC[C@H](C(C)F)CC1C. The molecule has 1 fully saturated rings. The molecule has 0 aromatic carbocycles. The van der Waals surface area contributed by atoms with Crippen LogP contribution in [0.3, 0.4) is 0 Å². The summed E-state index contributed by atoms with van der Waals surface area (Å²) >= 11 is 0. The van der Waals surface area contributed by atoms with Crippen LogP contribution in [0.25, 0.3) is 0 Å². The number of ether oxygens (including phenoxy) is 1. The molecule has 0 aromatic heterocycles. The highest BCUT2D eigenvalue weighted by Crippen LogP contribution is 2.33. The minimum atomic E-state index is -0.648. The maximum Gasteiger partial charge on any atom is 0.100 e. The first-order chi connectivity index (χ1) is 5.65. The second-order valence-corrected chi connectivity index (χ2v) is 4.00. The van der Waals surface area contributed by atoms with Crippen molar-refractivity contribution in [2.75, 3.05) is 7.11 Å². The quantitative estimate of drug-likeness (QED) is 0.625. The summed E-state index contributed by atoms with van der Waals surface area (Å²) in [7, 11) is 1.75. The smallest absolute Gasteiger partial charge is 0.100 e. The fourth-order valence-corrected chi connectivity index (χ4v) is 2.18. The van der Waals surface area contributed by atoms with Crippen molar-refractivity contribution < 1.29 is 9.13 Å². The van der Waals surface area contributed by atoms with Gasteiger partial charge in [0.05, 0.1) is 6.10 Å². The minimum absolute atomic E-state index is 0.270. The summed E-state index contributed by atoms with van der Waals surface area (Å²) < 4.78 is 18.3. The maximum absolute atomic E-state index is 13.0. The van der Waals surface area contributed by atoms with Crippen molar-refractivity contribution in [3.63, 3.8) is 0 Å².